The Kier molecular flexibility index (Phi) is 4.89. The Hall–Kier alpha value is -0.450. The maximum absolute atomic E-state index is 13.3. The highest BCUT2D eigenvalue weighted by Gasteiger charge is 2.09. The first-order valence-corrected chi connectivity index (χ1v) is 6.11. The Morgan fingerprint density at radius 3 is 2.75 bits per heavy atom. The van der Waals surface area contributed by atoms with Gasteiger partial charge in [-0.25, -0.2) is 4.39 Å². The van der Waals surface area contributed by atoms with Gasteiger partial charge in [-0.3, -0.25) is 0 Å². The first-order chi connectivity index (χ1) is 7.38. The van der Waals surface area contributed by atoms with Crippen molar-refractivity contribution >= 4 is 15.9 Å². The van der Waals surface area contributed by atoms with Crippen molar-refractivity contribution in [2.45, 2.75) is 32.4 Å². The number of nitrogens with two attached hydrogens (primary N) is 1. The molecule has 1 rings (SSSR count). The molecule has 90 valence electrons. The Morgan fingerprint density at radius 2 is 2.12 bits per heavy atom. The van der Waals surface area contributed by atoms with Crippen LogP contribution in [-0.2, 0) is 6.54 Å². The average Bonchev–Trinajstić information content (AvgIpc) is 2.16. The van der Waals surface area contributed by atoms with Crippen LogP contribution < -0.4 is 11.1 Å². The summed E-state index contributed by atoms with van der Waals surface area (Å²) in [6, 6.07) is 4.95. The van der Waals surface area contributed by atoms with Crippen LogP contribution in [0.2, 0.25) is 0 Å². The van der Waals surface area contributed by atoms with Crippen LogP contribution in [0, 0.1) is 5.82 Å². The topological polar surface area (TPSA) is 38.0 Å². The van der Waals surface area contributed by atoms with Crippen LogP contribution in [0.25, 0.3) is 0 Å². The predicted octanol–water partition coefficient (Wildman–Crippen LogP) is 2.81. The summed E-state index contributed by atoms with van der Waals surface area (Å²) in [5, 5.41) is 3.19. The van der Waals surface area contributed by atoms with Crippen LogP contribution in [0.5, 0.6) is 0 Å². The van der Waals surface area contributed by atoms with Gasteiger partial charge in [-0.2, -0.15) is 0 Å². The van der Waals surface area contributed by atoms with Crippen molar-refractivity contribution in [3.8, 4) is 0 Å². The van der Waals surface area contributed by atoms with Gasteiger partial charge in [0.15, 0.2) is 0 Å². The number of nitrogens with one attached hydrogen (secondary N) is 1. The molecule has 0 radical (unpaired) electrons. The first kappa shape index (κ1) is 13.6. The molecule has 4 heteroatoms. The fourth-order valence-electron chi connectivity index (χ4n) is 1.31. The highest BCUT2D eigenvalue weighted by Crippen LogP contribution is 2.15. The monoisotopic (exact) mass is 288 g/mol. The second-order valence-electron chi connectivity index (χ2n) is 4.65. The Bertz CT molecular complexity index is 347. The average molecular weight is 289 g/mol. The van der Waals surface area contributed by atoms with E-state index in [2.05, 4.69) is 21.2 Å². The molecule has 0 saturated heterocycles. The van der Waals surface area contributed by atoms with Crippen LogP contribution in [0.4, 0.5) is 4.39 Å². The lowest BCUT2D eigenvalue weighted by molar-refractivity contribution is 0.453. The van der Waals surface area contributed by atoms with E-state index < -0.39 is 0 Å². The summed E-state index contributed by atoms with van der Waals surface area (Å²) < 4.78 is 14.2. The molecule has 1 aromatic rings. The third kappa shape index (κ3) is 5.05. The van der Waals surface area contributed by atoms with Crippen LogP contribution in [0.1, 0.15) is 25.8 Å². The molecule has 0 aliphatic carbocycles. The molecule has 16 heavy (non-hydrogen) atoms. The Labute approximate surface area is 105 Å². The summed E-state index contributed by atoms with van der Waals surface area (Å²) >= 11 is 3.32. The number of halogens is 2. The van der Waals surface area contributed by atoms with Gasteiger partial charge in [-0.15, -0.1) is 0 Å². The zero-order valence-corrected chi connectivity index (χ0v) is 11.3. The van der Waals surface area contributed by atoms with Gasteiger partial charge in [-0.1, -0.05) is 15.9 Å². The molecule has 0 atom stereocenters. The molecule has 0 aliphatic heterocycles. The standard InChI is InChI=1S/C12H18BrFN2/c1-12(2,15)5-6-16-8-9-7-10(13)3-4-11(9)14/h3-4,7,16H,5-6,8,15H2,1-2H3. The third-order valence-electron chi connectivity index (χ3n) is 2.27. The molecule has 0 amide bonds. The van der Waals surface area contributed by atoms with Crippen LogP contribution in [-0.4, -0.2) is 12.1 Å². The van der Waals surface area contributed by atoms with E-state index in [9.17, 15) is 4.39 Å². The van der Waals surface area contributed by atoms with Crippen molar-refractivity contribution < 1.29 is 4.39 Å². The smallest absolute Gasteiger partial charge is 0.127 e. The predicted molar refractivity (Wildman–Crippen MR) is 68.7 cm³/mol. The molecular formula is C12H18BrFN2. The number of hydrogen-bond donors (Lipinski definition) is 2. The van der Waals surface area contributed by atoms with Gasteiger partial charge >= 0.3 is 0 Å². The SMILES string of the molecule is CC(C)(N)CCNCc1cc(Br)ccc1F. The summed E-state index contributed by atoms with van der Waals surface area (Å²) in [6.07, 6.45) is 0.864. The van der Waals surface area contributed by atoms with Crippen LogP contribution >= 0.6 is 15.9 Å². The van der Waals surface area contributed by atoms with Crippen molar-refractivity contribution in [1.82, 2.24) is 5.32 Å². The molecule has 2 nitrogen and oxygen atoms in total. The van der Waals surface area contributed by atoms with E-state index in [1.165, 1.54) is 6.07 Å². The van der Waals surface area contributed by atoms with Crippen molar-refractivity contribution in [3.05, 3.63) is 34.1 Å². The van der Waals surface area contributed by atoms with Crippen molar-refractivity contribution in [2.75, 3.05) is 6.54 Å². The van der Waals surface area contributed by atoms with Gasteiger partial charge in [0, 0.05) is 22.1 Å². The maximum Gasteiger partial charge on any atom is 0.127 e. The molecule has 0 unspecified atom stereocenters. The molecule has 0 aliphatic rings. The minimum atomic E-state index is -0.178. The summed E-state index contributed by atoms with van der Waals surface area (Å²) in [5.74, 6) is -0.178. The highest BCUT2D eigenvalue weighted by molar-refractivity contribution is 9.10. The molecule has 0 bridgehead atoms. The quantitative estimate of drug-likeness (QED) is 0.818. The molecule has 0 aromatic heterocycles. The van der Waals surface area contributed by atoms with Gasteiger partial charge in [0.1, 0.15) is 5.82 Å². The van der Waals surface area contributed by atoms with E-state index in [1.807, 2.05) is 13.8 Å². The minimum absolute atomic E-state index is 0.178. The normalized spacial score (nSPS) is 11.8. The number of rotatable bonds is 5. The van der Waals surface area contributed by atoms with E-state index in [-0.39, 0.29) is 11.4 Å². The van der Waals surface area contributed by atoms with Crippen molar-refractivity contribution in [3.63, 3.8) is 0 Å². The van der Waals surface area contributed by atoms with Gasteiger partial charge in [0.05, 0.1) is 0 Å². The lowest BCUT2D eigenvalue weighted by atomic mass is 10.0. The third-order valence-corrected chi connectivity index (χ3v) is 2.76. The van der Waals surface area contributed by atoms with Crippen molar-refractivity contribution in [1.29, 1.82) is 0 Å². The molecule has 1 aromatic carbocycles. The molecule has 0 spiro atoms. The Morgan fingerprint density at radius 1 is 1.44 bits per heavy atom. The largest absolute Gasteiger partial charge is 0.326 e. The zero-order chi connectivity index (χ0) is 12.2. The summed E-state index contributed by atoms with van der Waals surface area (Å²) in [4.78, 5) is 0. The molecular weight excluding hydrogens is 271 g/mol. The minimum Gasteiger partial charge on any atom is -0.326 e. The molecule has 0 saturated carbocycles. The summed E-state index contributed by atoms with van der Waals surface area (Å²) in [7, 11) is 0. The molecule has 0 heterocycles. The number of hydrogen-bond acceptors (Lipinski definition) is 2. The molecule has 0 fully saturated rings. The zero-order valence-electron chi connectivity index (χ0n) is 9.69. The van der Waals surface area contributed by atoms with Crippen LogP contribution in [0.3, 0.4) is 0 Å². The maximum atomic E-state index is 13.3. The van der Waals surface area contributed by atoms with Gasteiger partial charge in [-0.05, 0) is 45.0 Å². The second kappa shape index (κ2) is 5.75. The fraction of sp³-hybridized carbons (Fsp3) is 0.500. The van der Waals surface area contributed by atoms with Crippen molar-refractivity contribution in [2.24, 2.45) is 5.73 Å². The summed E-state index contributed by atoms with van der Waals surface area (Å²) in [6.45, 7) is 5.28. The van der Waals surface area contributed by atoms with Gasteiger partial charge < -0.3 is 11.1 Å². The fourth-order valence-corrected chi connectivity index (χ4v) is 1.72. The lowest BCUT2D eigenvalue weighted by Crippen LogP contribution is -2.35. The first-order valence-electron chi connectivity index (χ1n) is 5.32. The number of benzene rings is 1. The van der Waals surface area contributed by atoms with E-state index in [0.29, 0.717) is 12.1 Å². The molecule has 3 N–H and O–H groups in total. The van der Waals surface area contributed by atoms with E-state index in [0.717, 1.165) is 17.4 Å². The lowest BCUT2D eigenvalue weighted by Gasteiger charge is -2.18. The second-order valence-corrected chi connectivity index (χ2v) is 5.57. The van der Waals surface area contributed by atoms with E-state index >= 15 is 0 Å². The Balaban J connectivity index is 2.40. The van der Waals surface area contributed by atoms with E-state index in [4.69, 9.17) is 5.73 Å². The van der Waals surface area contributed by atoms with Crippen LogP contribution in [0.15, 0.2) is 22.7 Å². The summed E-state index contributed by atoms with van der Waals surface area (Å²) in [5.41, 5.74) is 6.34. The van der Waals surface area contributed by atoms with Gasteiger partial charge in [0.25, 0.3) is 0 Å². The highest BCUT2D eigenvalue weighted by atomic mass is 79.9. The van der Waals surface area contributed by atoms with Gasteiger partial charge in [0.2, 0.25) is 0 Å². The van der Waals surface area contributed by atoms with E-state index in [1.54, 1.807) is 12.1 Å².